The van der Waals surface area contributed by atoms with Crippen molar-refractivity contribution in [3.63, 3.8) is 0 Å². The number of nitrogens with one attached hydrogen (secondary N) is 1. The Morgan fingerprint density at radius 1 is 1.10 bits per heavy atom. The lowest BCUT2D eigenvalue weighted by Crippen LogP contribution is -2.38. The smallest absolute Gasteiger partial charge is 0.326 e. The lowest BCUT2D eigenvalue weighted by Gasteiger charge is -2.16. The number of rotatable bonds is 16. The lowest BCUT2D eigenvalue weighted by atomic mass is 10.1. The molecular formula is C22H36N2O4S. The van der Waals surface area contributed by atoms with Crippen molar-refractivity contribution in [1.82, 2.24) is 5.32 Å². The van der Waals surface area contributed by atoms with Gasteiger partial charge < -0.3 is 10.4 Å². The van der Waals surface area contributed by atoms with Crippen molar-refractivity contribution < 1.29 is 14.8 Å². The molecule has 0 aliphatic carbocycles. The molecule has 7 heteroatoms. The Hall–Kier alpha value is -2.02. The number of carboxylic acid groups (broad SMARTS) is 1. The fourth-order valence-electron chi connectivity index (χ4n) is 2.45. The minimum absolute atomic E-state index is 0.127. The fourth-order valence-corrected chi connectivity index (χ4v) is 3.45. The Kier molecular flexibility index (Phi) is 14.7. The molecule has 0 saturated carbocycles. The Morgan fingerprint density at radius 3 is 2.24 bits per heavy atom. The second kappa shape index (κ2) is 15.9. The standard InChI is InChI=1S/C22H36N2O4S/c1-17(2)8-6-9-18(3)10-7-11-19(4)13-15-29-16-21(22(25)26)23-20(5)12-14-24(27)28/h8,10,13,21,23H,5-7,9,11-12,14-16H2,1-4H3,(H,25,26)/b18-10+,19-13+. The predicted octanol–water partition coefficient (Wildman–Crippen LogP) is 5.36. The van der Waals surface area contributed by atoms with Crippen LogP contribution in [-0.4, -0.2) is 40.1 Å². The SMILES string of the molecule is C=C(CC[N+](=O)[O-])NC(CSC/C=C(\C)CC/C=C(\C)CCC=C(C)C)C(=O)O. The van der Waals surface area contributed by atoms with Gasteiger partial charge in [0.2, 0.25) is 6.54 Å². The summed E-state index contributed by atoms with van der Waals surface area (Å²) in [6, 6.07) is -0.792. The van der Waals surface area contributed by atoms with Gasteiger partial charge in [0.1, 0.15) is 6.04 Å². The van der Waals surface area contributed by atoms with E-state index in [2.05, 4.69) is 57.8 Å². The van der Waals surface area contributed by atoms with Gasteiger partial charge in [-0.15, -0.1) is 0 Å². The van der Waals surface area contributed by atoms with Crippen LogP contribution in [0.25, 0.3) is 0 Å². The highest BCUT2D eigenvalue weighted by atomic mass is 32.2. The lowest BCUT2D eigenvalue weighted by molar-refractivity contribution is -0.479. The summed E-state index contributed by atoms with van der Waals surface area (Å²) >= 11 is 1.52. The molecule has 1 atom stereocenters. The molecule has 0 aromatic rings. The maximum atomic E-state index is 11.3. The van der Waals surface area contributed by atoms with Gasteiger partial charge >= 0.3 is 5.97 Å². The Bertz CT molecular complexity index is 635. The van der Waals surface area contributed by atoms with Crippen LogP contribution < -0.4 is 5.32 Å². The molecule has 0 rings (SSSR count). The molecule has 0 radical (unpaired) electrons. The van der Waals surface area contributed by atoms with Crippen LogP contribution in [0.1, 0.15) is 59.8 Å². The van der Waals surface area contributed by atoms with E-state index in [-0.39, 0.29) is 13.0 Å². The molecule has 2 N–H and O–H groups in total. The van der Waals surface area contributed by atoms with E-state index in [1.54, 1.807) is 0 Å². The topological polar surface area (TPSA) is 92.5 Å². The first-order valence-corrected chi connectivity index (χ1v) is 11.1. The fraction of sp³-hybridized carbons (Fsp3) is 0.591. The monoisotopic (exact) mass is 424 g/mol. The van der Waals surface area contributed by atoms with Gasteiger partial charge in [-0.25, -0.2) is 4.79 Å². The zero-order valence-electron chi connectivity index (χ0n) is 18.2. The van der Waals surface area contributed by atoms with Gasteiger partial charge in [0.25, 0.3) is 0 Å². The van der Waals surface area contributed by atoms with Crippen LogP contribution in [0, 0.1) is 10.1 Å². The van der Waals surface area contributed by atoms with Crippen molar-refractivity contribution in [2.24, 2.45) is 0 Å². The Labute approximate surface area is 179 Å². The predicted molar refractivity (Wildman–Crippen MR) is 123 cm³/mol. The molecule has 0 bridgehead atoms. The van der Waals surface area contributed by atoms with E-state index in [9.17, 15) is 20.0 Å². The maximum absolute atomic E-state index is 11.3. The van der Waals surface area contributed by atoms with E-state index in [1.165, 1.54) is 28.5 Å². The number of nitro groups is 1. The first-order valence-electron chi connectivity index (χ1n) is 9.93. The molecule has 0 aliphatic rings. The van der Waals surface area contributed by atoms with Crippen molar-refractivity contribution in [3.8, 4) is 0 Å². The number of hydrogen-bond donors (Lipinski definition) is 2. The van der Waals surface area contributed by atoms with Crippen molar-refractivity contribution in [3.05, 3.63) is 57.3 Å². The summed E-state index contributed by atoms with van der Waals surface area (Å²) in [4.78, 5) is 21.3. The third-order valence-corrected chi connectivity index (χ3v) is 5.20. The second-order valence-corrected chi connectivity index (χ2v) is 8.52. The highest BCUT2D eigenvalue weighted by molar-refractivity contribution is 7.99. The quantitative estimate of drug-likeness (QED) is 0.150. The van der Waals surface area contributed by atoms with Crippen molar-refractivity contribution in [2.45, 2.75) is 65.8 Å². The molecule has 6 nitrogen and oxygen atoms in total. The number of carbonyl (C=O) groups is 1. The van der Waals surface area contributed by atoms with E-state index in [1.807, 2.05) is 0 Å². The van der Waals surface area contributed by atoms with Crippen molar-refractivity contribution in [2.75, 3.05) is 18.1 Å². The summed E-state index contributed by atoms with van der Waals surface area (Å²) in [5.74, 6) is 0.135. The van der Waals surface area contributed by atoms with E-state index >= 15 is 0 Å². The van der Waals surface area contributed by atoms with Crippen LogP contribution in [0.2, 0.25) is 0 Å². The van der Waals surface area contributed by atoms with Crippen LogP contribution in [0.4, 0.5) is 0 Å². The van der Waals surface area contributed by atoms with Crippen LogP contribution in [-0.2, 0) is 4.79 Å². The molecular weight excluding hydrogens is 388 g/mol. The number of hydrogen-bond acceptors (Lipinski definition) is 5. The largest absolute Gasteiger partial charge is 0.480 e. The molecule has 0 aliphatic heterocycles. The summed E-state index contributed by atoms with van der Waals surface area (Å²) in [6.07, 6.45) is 11.0. The molecule has 0 spiro atoms. The van der Waals surface area contributed by atoms with Crippen LogP contribution >= 0.6 is 11.8 Å². The number of aliphatic carboxylic acids is 1. The van der Waals surface area contributed by atoms with E-state index in [0.29, 0.717) is 11.4 Å². The molecule has 0 amide bonds. The molecule has 0 heterocycles. The molecule has 1 unspecified atom stereocenters. The van der Waals surface area contributed by atoms with Gasteiger partial charge in [0.15, 0.2) is 0 Å². The van der Waals surface area contributed by atoms with E-state index in [0.717, 1.165) is 31.4 Å². The van der Waals surface area contributed by atoms with Gasteiger partial charge in [-0.2, -0.15) is 11.8 Å². The first kappa shape index (κ1) is 27.0. The van der Waals surface area contributed by atoms with E-state index < -0.39 is 16.9 Å². The summed E-state index contributed by atoms with van der Waals surface area (Å²) in [5, 5.41) is 22.5. The first-order chi connectivity index (χ1) is 13.6. The number of carboxylic acids is 1. The normalized spacial score (nSPS) is 13.0. The number of allylic oxidation sites excluding steroid dienone is 5. The number of thioether (sulfide) groups is 1. The summed E-state index contributed by atoms with van der Waals surface area (Å²) in [5.41, 5.74) is 4.45. The average molecular weight is 425 g/mol. The van der Waals surface area contributed by atoms with Crippen molar-refractivity contribution >= 4 is 17.7 Å². The molecule has 29 heavy (non-hydrogen) atoms. The molecule has 0 fully saturated rings. The third-order valence-electron chi connectivity index (χ3n) is 4.23. The summed E-state index contributed by atoms with van der Waals surface area (Å²) < 4.78 is 0. The van der Waals surface area contributed by atoms with E-state index in [4.69, 9.17) is 0 Å². The highest BCUT2D eigenvalue weighted by Gasteiger charge is 2.17. The minimum atomic E-state index is -0.978. The summed E-state index contributed by atoms with van der Waals surface area (Å²) in [6.45, 7) is 11.9. The zero-order chi connectivity index (χ0) is 22.2. The van der Waals surface area contributed by atoms with Crippen LogP contribution in [0.3, 0.4) is 0 Å². The highest BCUT2D eigenvalue weighted by Crippen LogP contribution is 2.13. The van der Waals surface area contributed by atoms with Gasteiger partial charge in [-0.3, -0.25) is 10.1 Å². The Morgan fingerprint density at radius 2 is 1.69 bits per heavy atom. The second-order valence-electron chi connectivity index (χ2n) is 7.44. The van der Waals surface area contributed by atoms with Gasteiger partial charge in [0, 0.05) is 22.1 Å². The summed E-state index contributed by atoms with van der Waals surface area (Å²) in [7, 11) is 0. The minimum Gasteiger partial charge on any atom is -0.480 e. The van der Waals surface area contributed by atoms with Gasteiger partial charge in [-0.05, 0) is 53.4 Å². The average Bonchev–Trinajstić information content (AvgIpc) is 2.61. The van der Waals surface area contributed by atoms with Crippen LogP contribution in [0.15, 0.2) is 47.2 Å². The molecule has 0 aromatic heterocycles. The maximum Gasteiger partial charge on any atom is 0.326 e. The zero-order valence-corrected chi connectivity index (χ0v) is 19.0. The van der Waals surface area contributed by atoms with Crippen molar-refractivity contribution in [1.29, 1.82) is 0 Å². The van der Waals surface area contributed by atoms with Crippen LogP contribution in [0.5, 0.6) is 0 Å². The molecule has 0 aromatic carbocycles. The molecule has 164 valence electrons. The number of nitrogens with zero attached hydrogens (tertiary/aromatic N) is 1. The van der Waals surface area contributed by atoms with Gasteiger partial charge in [0.05, 0.1) is 6.42 Å². The Balaban J connectivity index is 4.20. The van der Waals surface area contributed by atoms with Gasteiger partial charge in [-0.1, -0.05) is 41.5 Å². The molecule has 0 saturated heterocycles. The third kappa shape index (κ3) is 16.6.